The highest BCUT2D eigenvalue weighted by molar-refractivity contribution is 6.07. The summed E-state index contributed by atoms with van der Waals surface area (Å²) in [5.41, 5.74) is -9.42. The van der Waals surface area contributed by atoms with Crippen LogP contribution in [0.15, 0.2) is 0 Å². The number of methoxy groups -OCH3 is 1. The predicted molar refractivity (Wildman–Crippen MR) is 188 cm³/mol. The quantitative estimate of drug-likeness (QED) is 0.178. The molecular weight excluding hydrogens is 700 g/mol. The number of Topliss-reactive ketones (excluding diaryl/α,β-unsaturated/α-hetero) is 4. The number of ketones is 4. The first-order valence-corrected chi connectivity index (χ1v) is 20.2. The summed E-state index contributed by atoms with van der Waals surface area (Å²) in [7, 11) is 1.30. The average molecular weight is 761 g/mol. The summed E-state index contributed by atoms with van der Waals surface area (Å²) in [4.78, 5) is 60.1. The molecule has 0 aromatic rings. The minimum absolute atomic E-state index is 0.00637. The summed E-state index contributed by atoms with van der Waals surface area (Å²) in [5, 5.41) is 94.0. The maximum Gasteiger partial charge on any atom is 0.166 e. The molecular formula is C41H60O13. The number of aliphatic hydroxyl groups is 8. The first-order valence-electron chi connectivity index (χ1n) is 20.2. The van der Waals surface area contributed by atoms with E-state index in [-0.39, 0.29) is 26.1 Å². The van der Waals surface area contributed by atoms with Gasteiger partial charge in [-0.1, -0.05) is 40.5 Å². The van der Waals surface area contributed by atoms with Gasteiger partial charge in [0.15, 0.2) is 17.3 Å². The Morgan fingerprint density at radius 2 is 1.15 bits per heavy atom. The molecule has 0 aromatic heterocycles. The Morgan fingerprint density at radius 1 is 0.667 bits per heavy atom. The van der Waals surface area contributed by atoms with Crippen LogP contribution in [-0.2, 0) is 23.9 Å². The molecule has 0 radical (unpaired) electrons. The Labute approximate surface area is 315 Å². The fraction of sp³-hybridized carbons (Fsp3) is 0.902. The van der Waals surface area contributed by atoms with Gasteiger partial charge in [0, 0.05) is 49.9 Å². The molecule has 8 aliphatic rings. The monoisotopic (exact) mass is 760 g/mol. The minimum Gasteiger partial charge on any atom is -0.396 e. The van der Waals surface area contributed by atoms with Crippen molar-refractivity contribution in [2.75, 3.05) is 26.9 Å². The lowest BCUT2D eigenvalue weighted by Gasteiger charge is -2.65. The van der Waals surface area contributed by atoms with Gasteiger partial charge in [0.2, 0.25) is 0 Å². The van der Waals surface area contributed by atoms with Gasteiger partial charge in [-0.25, -0.2) is 0 Å². The Kier molecular flexibility index (Phi) is 8.66. The average Bonchev–Trinajstić information content (AvgIpc) is 3.37. The topological polar surface area (TPSA) is 239 Å². The van der Waals surface area contributed by atoms with Crippen molar-refractivity contribution >= 4 is 23.1 Å². The van der Waals surface area contributed by atoms with Crippen molar-refractivity contribution in [1.29, 1.82) is 0 Å². The molecule has 0 heterocycles. The second kappa shape index (κ2) is 11.9. The van der Waals surface area contributed by atoms with Crippen LogP contribution in [0.5, 0.6) is 0 Å². The van der Waals surface area contributed by atoms with Crippen LogP contribution in [-0.4, -0.2) is 128 Å². The molecule has 8 aliphatic carbocycles. The number of hydrogen-bond donors (Lipinski definition) is 8. The van der Waals surface area contributed by atoms with E-state index in [2.05, 4.69) is 0 Å². The van der Waals surface area contributed by atoms with Gasteiger partial charge >= 0.3 is 0 Å². The van der Waals surface area contributed by atoms with E-state index in [0.29, 0.717) is 38.5 Å². The lowest BCUT2D eigenvalue weighted by atomic mass is 9.39. The lowest BCUT2D eigenvalue weighted by molar-refractivity contribution is -0.234. The molecule has 0 aliphatic heterocycles. The van der Waals surface area contributed by atoms with Crippen LogP contribution in [0.25, 0.3) is 0 Å². The number of hydrogen-bond acceptors (Lipinski definition) is 13. The second-order valence-electron chi connectivity index (χ2n) is 20.5. The van der Waals surface area contributed by atoms with Crippen LogP contribution >= 0.6 is 0 Å². The first kappa shape index (κ1) is 39.2. The number of carbonyl (C=O) groups is 4. The molecule has 0 aromatic carbocycles. The zero-order chi connectivity index (χ0) is 39.5. The fourth-order valence-corrected chi connectivity index (χ4v) is 16.4. The van der Waals surface area contributed by atoms with Crippen LogP contribution in [0.4, 0.5) is 0 Å². The molecule has 8 N–H and O–H groups in total. The summed E-state index contributed by atoms with van der Waals surface area (Å²) in [6.07, 6.45) is -7.31. The number of ether oxygens (including phenoxy) is 1. The van der Waals surface area contributed by atoms with E-state index < -0.39 is 152 Å². The van der Waals surface area contributed by atoms with Gasteiger partial charge in [-0.2, -0.15) is 0 Å². The Balaban J connectivity index is 1.26. The Bertz CT molecular complexity index is 1650. The highest BCUT2D eigenvalue weighted by Gasteiger charge is 2.85. The van der Waals surface area contributed by atoms with Crippen LogP contribution in [0.1, 0.15) is 85.5 Å². The zero-order valence-corrected chi connectivity index (χ0v) is 32.1. The van der Waals surface area contributed by atoms with E-state index in [4.69, 9.17) is 4.74 Å². The highest BCUT2D eigenvalue weighted by atomic mass is 16.5. The standard InChI is InChI=1S/C41H60O13/c1-35(15-42)8-6-10-37(3)19(35)12-21(44)40-29(37)27(48)25(46)23(32(40)51)18(31(40)50)14-39(17-54-5)24-26(47)28(49)30-38(4)11-7-9-36(2,16-43)20(38)13-22(45)41(30,33(24)52)34(39)53/h18-26,29-30,32-33,42-47,51-52H,6-17H2,1-5H3/t18-,19-,20-,21-,22-,23-,24-,25-,26-,29+,30+,32-,33-,35-,36-,37-,38-,39-,40-,41+/m1/s1. The van der Waals surface area contributed by atoms with Crippen molar-refractivity contribution in [3.63, 3.8) is 0 Å². The largest absolute Gasteiger partial charge is 0.396 e. The molecule has 8 fully saturated rings. The molecule has 302 valence electrons. The van der Waals surface area contributed by atoms with Crippen LogP contribution in [0.2, 0.25) is 0 Å². The van der Waals surface area contributed by atoms with Crippen molar-refractivity contribution in [1.82, 2.24) is 0 Å². The molecule has 13 nitrogen and oxygen atoms in total. The summed E-state index contributed by atoms with van der Waals surface area (Å²) < 4.78 is 5.67. The van der Waals surface area contributed by atoms with Crippen molar-refractivity contribution in [2.45, 2.75) is 122 Å². The van der Waals surface area contributed by atoms with Crippen molar-refractivity contribution < 1.29 is 64.8 Å². The van der Waals surface area contributed by atoms with Crippen LogP contribution in [0.3, 0.4) is 0 Å². The molecule has 0 saturated heterocycles. The van der Waals surface area contributed by atoms with Gasteiger partial charge < -0.3 is 45.6 Å². The summed E-state index contributed by atoms with van der Waals surface area (Å²) >= 11 is 0. The molecule has 2 spiro atoms. The third-order valence-electron chi connectivity index (χ3n) is 18.5. The molecule has 0 unspecified atom stereocenters. The number of fused-ring (bicyclic) bond motifs is 6. The van der Waals surface area contributed by atoms with E-state index in [1.54, 1.807) is 0 Å². The number of rotatable bonds is 6. The lowest BCUT2D eigenvalue weighted by Crippen LogP contribution is -2.71. The van der Waals surface area contributed by atoms with Crippen LogP contribution < -0.4 is 0 Å². The maximum absolute atomic E-state index is 15.6. The molecule has 8 rings (SSSR count). The fourth-order valence-electron chi connectivity index (χ4n) is 16.4. The molecule has 20 atom stereocenters. The van der Waals surface area contributed by atoms with Crippen molar-refractivity contribution in [3.05, 3.63) is 0 Å². The third kappa shape index (κ3) is 4.07. The van der Waals surface area contributed by atoms with Gasteiger partial charge in [-0.05, 0) is 78.4 Å². The smallest absolute Gasteiger partial charge is 0.166 e. The predicted octanol–water partition coefficient (Wildman–Crippen LogP) is -0.0233. The van der Waals surface area contributed by atoms with Crippen molar-refractivity contribution in [2.24, 2.45) is 79.3 Å². The normalized spacial score (nSPS) is 59.1. The maximum atomic E-state index is 15.6. The zero-order valence-electron chi connectivity index (χ0n) is 32.1. The Morgan fingerprint density at radius 3 is 1.65 bits per heavy atom. The van der Waals surface area contributed by atoms with E-state index in [1.165, 1.54) is 7.11 Å². The van der Waals surface area contributed by atoms with Gasteiger partial charge in [0.25, 0.3) is 0 Å². The first-order chi connectivity index (χ1) is 25.2. The van der Waals surface area contributed by atoms with Crippen molar-refractivity contribution in [3.8, 4) is 0 Å². The molecule has 13 heteroatoms. The molecule has 8 saturated carbocycles. The second-order valence-corrected chi connectivity index (χ2v) is 20.5. The highest BCUT2D eigenvalue weighted by Crippen LogP contribution is 2.75. The van der Waals surface area contributed by atoms with E-state index >= 15 is 9.59 Å². The Hall–Kier alpha value is -1.68. The summed E-state index contributed by atoms with van der Waals surface area (Å²) in [6, 6.07) is 0. The molecule has 54 heavy (non-hydrogen) atoms. The van der Waals surface area contributed by atoms with E-state index in [0.717, 1.165) is 0 Å². The molecule has 4 bridgehead atoms. The summed E-state index contributed by atoms with van der Waals surface area (Å²) in [6.45, 7) is 6.58. The van der Waals surface area contributed by atoms with Gasteiger partial charge in [0.1, 0.15) is 18.0 Å². The SMILES string of the molecule is COC[C@@]1(C[C@H]2C(=O)[C@@]34[C@H](O)C[C@@H]5[C@@](C)(CO)CCC[C@@]5(C)[C@@H]3C(=O)[C@H](O)[C@@H]2[C@H]4O)C(=O)[C@@]23[C@H](O)C[C@@H]4[C@@](C)(CO)CCC[C@@]4(C)[C@@H]2C(=O)[C@H](O)[C@@H]1[C@H]3O. The van der Waals surface area contributed by atoms with Gasteiger partial charge in [-0.15, -0.1) is 0 Å². The molecule has 0 amide bonds. The van der Waals surface area contributed by atoms with Gasteiger partial charge in [-0.3, -0.25) is 19.2 Å². The van der Waals surface area contributed by atoms with Crippen LogP contribution in [0, 0.1) is 79.3 Å². The van der Waals surface area contributed by atoms with Gasteiger partial charge in [0.05, 0.1) is 47.3 Å². The number of aliphatic hydroxyl groups excluding tert-OH is 8. The van der Waals surface area contributed by atoms with E-state index in [9.17, 15) is 50.4 Å². The summed E-state index contributed by atoms with van der Waals surface area (Å²) in [5.74, 6) is -10.6. The third-order valence-corrected chi connectivity index (χ3v) is 18.5. The number of carbonyl (C=O) groups excluding carboxylic acids is 4. The minimum atomic E-state index is -2.08. The van der Waals surface area contributed by atoms with E-state index in [1.807, 2.05) is 27.7 Å².